The molecule has 1 saturated heterocycles. The van der Waals surface area contributed by atoms with Crippen molar-refractivity contribution in [1.29, 1.82) is 0 Å². The number of carbonyl (C=O) groups is 1. The Morgan fingerprint density at radius 1 is 1.41 bits per heavy atom. The van der Waals surface area contributed by atoms with Gasteiger partial charge in [-0.3, -0.25) is 0 Å². The van der Waals surface area contributed by atoms with Crippen molar-refractivity contribution in [3.8, 4) is 0 Å². The second-order valence-corrected chi connectivity index (χ2v) is 6.27. The van der Waals surface area contributed by atoms with E-state index in [1.54, 1.807) is 4.90 Å². The summed E-state index contributed by atoms with van der Waals surface area (Å²) in [4.78, 5) is 12.7. The third-order valence-corrected chi connectivity index (χ3v) is 4.00. The van der Waals surface area contributed by atoms with Gasteiger partial charge >= 0.3 is 6.03 Å². The molecule has 1 unspecified atom stereocenters. The van der Waals surface area contributed by atoms with Crippen LogP contribution in [0.5, 0.6) is 0 Å². The maximum atomic E-state index is 11.0. The summed E-state index contributed by atoms with van der Waals surface area (Å²) in [5.74, 6) is 0.650. The maximum Gasteiger partial charge on any atom is 0.314 e. The molecule has 4 heteroatoms. The summed E-state index contributed by atoms with van der Waals surface area (Å²) in [6.07, 6.45) is 2.03. The molecule has 0 aromatic heterocycles. The van der Waals surface area contributed by atoms with Gasteiger partial charge in [-0.15, -0.1) is 0 Å². The Balaban J connectivity index is 2.25. The van der Waals surface area contributed by atoms with E-state index >= 15 is 0 Å². The van der Waals surface area contributed by atoms with Crippen LogP contribution >= 0.6 is 0 Å². The van der Waals surface area contributed by atoms with E-state index in [9.17, 15) is 4.79 Å². The van der Waals surface area contributed by atoms with E-state index in [-0.39, 0.29) is 6.03 Å². The lowest BCUT2D eigenvalue weighted by atomic mass is 9.82. The normalized spacial score (nSPS) is 20.4. The van der Waals surface area contributed by atoms with Crippen LogP contribution in [0.4, 0.5) is 4.79 Å². The van der Waals surface area contributed by atoms with E-state index < -0.39 is 0 Å². The number of hydrogen-bond acceptors (Lipinski definition) is 2. The highest BCUT2D eigenvalue weighted by Gasteiger charge is 2.24. The molecule has 1 aliphatic heterocycles. The number of carbonyl (C=O) groups excluding carboxylic acids is 1. The second-order valence-electron chi connectivity index (χ2n) is 6.27. The predicted octanol–water partition coefficient (Wildman–Crippen LogP) is 1.80. The molecule has 0 saturated carbocycles. The number of rotatable bonds is 3. The number of primary amides is 1. The molecule has 1 aliphatic rings. The number of likely N-dealkylation sites (tertiary alicyclic amines) is 1. The quantitative estimate of drug-likeness (QED) is 0.791. The fourth-order valence-electron chi connectivity index (χ4n) is 1.95. The van der Waals surface area contributed by atoms with Crippen molar-refractivity contribution in [3.05, 3.63) is 0 Å². The Kier molecular flexibility index (Phi) is 4.80. The number of urea groups is 1. The first-order valence-electron chi connectivity index (χ1n) is 6.58. The largest absolute Gasteiger partial charge is 0.351 e. The minimum atomic E-state index is -0.286. The molecule has 1 rings (SSSR count). The zero-order valence-electron chi connectivity index (χ0n) is 11.6. The van der Waals surface area contributed by atoms with Crippen molar-refractivity contribution in [2.75, 3.05) is 19.6 Å². The Morgan fingerprint density at radius 2 is 1.94 bits per heavy atom. The Morgan fingerprint density at radius 3 is 2.35 bits per heavy atom. The molecule has 17 heavy (non-hydrogen) atoms. The highest BCUT2D eigenvalue weighted by molar-refractivity contribution is 5.72. The van der Waals surface area contributed by atoms with Crippen molar-refractivity contribution < 1.29 is 4.79 Å². The minimum absolute atomic E-state index is 0.286. The third kappa shape index (κ3) is 4.54. The van der Waals surface area contributed by atoms with E-state index in [1.807, 2.05) is 0 Å². The maximum absolute atomic E-state index is 11.0. The first-order chi connectivity index (χ1) is 7.80. The Labute approximate surface area is 105 Å². The first-order valence-corrected chi connectivity index (χ1v) is 6.58. The van der Waals surface area contributed by atoms with Crippen LogP contribution in [-0.4, -0.2) is 36.6 Å². The summed E-state index contributed by atoms with van der Waals surface area (Å²) >= 11 is 0. The standard InChI is InChI=1S/C13H27N3O/c1-10(13(2,3)4)9-15-11-5-7-16(8-6-11)12(14)17/h10-11,15H,5-9H2,1-4H3,(H2,14,17). The highest BCUT2D eigenvalue weighted by Crippen LogP contribution is 2.24. The van der Waals surface area contributed by atoms with E-state index in [1.165, 1.54) is 0 Å². The summed E-state index contributed by atoms with van der Waals surface area (Å²) in [6, 6.07) is 0.252. The average Bonchev–Trinajstić information content (AvgIpc) is 2.25. The number of piperidine rings is 1. The topological polar surface area (TPSA) is 58.4 Å². The molecule has 0 aliphatic carbocycles. The summed E-state index contributed by atoms with van der Waals surface area (Å²) in [6.45, 7) is 11.7. The Bertz CT molecular complexity index is 252. The molecule has 1 fully saturated rings. The van der Waals surface area contributed by atoms with Gasteiger partial charge in [0.15, 0.2) is 0 Å². The van der Waals surface area contributed by atoms with Crippen LogP contribution in [0.3, 0.4) is 0 Å². The molecule has 0 bridgehead atoms. The van der Waals surface area contributed by atoms with Crippen LogP contribution in [0.25, 0.3) is 0 Å². The van der Waals surface area contributed by atoms with E-state index in [0.717, 1.165) is 32.5 Å². The van der Waals surface area contributed by atoms with Crippen molar-refractivity contribution in [3.63, 3.8) is 0 Å². The lowest BCUT2D eigenvalue weighted by molar-refractivity contribution is 0.179. The van der Waals surface area contributed by atoms with Crippen LogP contribution in [0.15, 0.2) is 0 Å². The monoisotopic (exact) mass is 241 g/mol. The number of nitrogens with one attached hydrogen (secondary N) is 1. The van der Waals surface area contributed by atoms with Gasteiger partial charge in [-0.2, -0.15) is 0 Å². The van der Waals surface area contributed by atoms with Gasteiger partial charge in [-0.05, 0) is 30.7 Å². The number of hydrogen-bond donors (Lipinski definition) is 2. The molecule has 1 heterocycles. The molecule has 100 valence electrons. The van der Waals surface area contributed by atoms with Crippen molar-refractivity contribution >= 4 is 6.03 Å². The van der Waals surface area contributed by atoms with Crippen LogP contribution in [0, 0.1) is 11.3 Å². The summed E-state index contributed by atoms with van der Waals surface area (Å²) in [5, 5.41) is 3.61. The molecule has 3 N–H and O–H groups in total. The molecule has 0 spiro atoms. The average molecular weight is 241 g/mol. The van der Waals surface area contributed by atoms with Gasteiger partial charge in [0.25, 0.3) is 0 Å². The zero-order valence-corrected chi connectivity index (χ0v) is 11.6. The first kappa shape index (κ1) is 14.3. The van der Waals surface area contributed by atoms with Gasteiger partial charge in [0, 0.05) is 19.1 Å². The molecule has 0 aromatic rings. The molecule has 2 amide bonds. The molecular weight excluding hydrogens is 214 g/mol. The van der Waals surface area contributed by atoms with Gasteiger partial charge in [0.1, 0.15) is 0 Å². The lowest BCUT2D eigenvalue weighted by Gasteiger charge is -2.34. The summed E-state index contributed by atoms with van der Waals surface area (Å²) in [5.41, 5.74) is 5.61. The Hall–Kier alpha value is -0.770. The molecule has 0 aromatic carbocycles. The van der Waals surface area contributed by atoms with Crippen molar-refractivity contribution in [1.82, 2.24) is 10.2 Å². The summed E-state index contributed by atoms with van der Waals surface area (Å²) < 4.78 is 0. The predicted molar refractivity (Wildman–Crippen MR) is 70.8 cm³/mol. The van der Waals surface area contributed by atoms with Crippen molar-refractivity contribution in [2.45, 2.75) is 46.6 Å². The molecule has 0 radical (unpaired) electrons. The highest BCUT2D eigenvalue weighted by atomic mass is 16.2. The van der Waals surface area contributed by atoms with Gasteiger partial charge in [-0.1, -0.05) is 27.7 Å². The minimum Gasteiger partial charge on any atom is -0.351 e. The van der Waals surface area contributed by atoms with Gasteiger partial charge < -0.3 is 16.0 Å². The van der Waals surface area contributed by atoms with Crippen LogP contribution in [0.2, 0.25) is 0 Å². The van der Waals surface area contributed by atoms with Gasteiger partial charge in [-0.25, -0.2) is 4.79 Å². The molecule has 4 nitrogen and oxygen atoms in total. The fraction of sp³-hybridized carbons (Fsp3) is 0.923. The van der Waals surface area contributed by atoms with Crippen molar-refractivity contribution in [2.24, 2.45) is 17.1 Å². The SMILES string of the molecule is CC(CNC1CCN(C(N)=O)CC1)C(C)(C)C. The van der Waals surface area contributed by atoms with E-state index in [4.69, 9.17) is 5.73 Å². The number of amides is 2. The van der Waals surface area contributed by atoms with Crippen LogP contribution in [-0.2, 0) is 0 Å². The number of nitrogens with two attached hydrogens (primary N) is 1. The fourth-order valence-corrected chi connectivity index (χ4v) is 1.95. The van der Waals surface area contributed by atoms with Gasteiger partial charge in [0.2, 0.25) is 0 Å². The lowest BCUT2D eigenvalue weighted by Crippen LogP contribution is -2.48. The van der Waals surface area contributed by atoms with Crippen LogP contribution < -0.4 is 11.1 Å². The second kappa shape index (κ2) is 5.71. The summed E-state index contributed by atoms with van der Waals surface area (Å²) in [7, 11) is 0. The molecular formula is C13H27N3O. The van der Waals surface area contributed by atoms with Crippen LogP contribution in [0.1, 0.15) is 40.5 Å². The molecule has 1 atom stereocenters. The zero-order chi connectivity index (χ0) is 13.1. The third-order valence-electron chi connectivity index (χ3n) is 4.00. The van der Waals surface area contributed by atoms with E-state index in [2.05, 4.69) is 33.0 Å². The van der Waals surface area contributed by atoms with E-state index in [0.29, 0.717) is 17.4 Å². The smallest absolute Gasteiger partial charge is 0.314 e. The number of nitrogens with zero attached hydrogens (tertiary/aromatic N) is 1. The van der Waals surface area contributed by atoms with Gasteiger partial charge in [0.05, 0.1) is 0 Å².